The maximum Gasteiger partial charge on any atom is 0.351 e. The molecule has 2 aromatic rings. The minimum atomic E-state index is -0.268. The summed E-state index contributed by atoms with van der Waals surface area (Å²) in [5, 5.41) is 12.6. The smallest absolute Gasteiger partial charge is 0.349 e. The molecule has 0 radical (unpaired) electrons. The van der Waals surface area contributed by atoms with Crippen LogP contribution in [0.3, 0.4) is 0 Å². The van der Waals surface area contributed by atoms with Crippen LogP contribution < -0.4 is 15.9 Å². The number of piperazine rings is 1. The van der Waals surface area contributed by atoms with Gasteiger partial charge in [-0.2, -0.15) is 10.2 Å². The number of anilines is 1. The van der Waals surface area contributed by atoms with Gasteiger partial charge in [0, 0.05) is 38.8 Å². The average molecular weight is 343 g/mol. The minimum absolute atomic E-state index is 0.206. The van der Waals surface area contributed by atoms with E-state index in [0.717, 1.165) is 25.2 Å². The van der Waals surface area contributed by atoms with Gasteiger partial charge in [-0.1, -0.05) is 6.92 Å². The molecule has 1 aliphatic rings. The van der Waals surface area contributed by atoms with Crippen LogP contribution in [-0.4, -0.2) is 44.3 Å². The first kappa shape index (κ1) is 17.4. The van der Waals surface area contributed by atoms with E-state index in [4.69, 9.17) is 5.26 Å². The van der Waals surface area contributed by atoms with Crippen molar-refractivity contribution < 1.29 is 0 Å². The number of hydrogen-bond donors (Lipinski definition) is 1. The molecule has 0 bridgehead atoms. The molecule has 0 spiro atoms. The molecule has 25 heavy (non-hydrogen) atoms. The van der Waals surface area contributed by atoms with Crippen molar-refractivity contribution in [3.63, 3.8) is 0 Å². The highest BCUT2D eigenvalue weighted by Crippen LogP contribution is 2.26. The standard InChI is InChI=1S/C17H25N7O/c1-5-12-10-24(11(3)9-19-12)15-14-16(23(6-2)17(25)21-15)22(4)13(20-14)7-8-18/h11-12,19H,5-7,9-10H2,1-4H3/t11-,12+/m0/s1. The SMILES string of the molecule is CC[C@@H]1CN(c2nc(=O)n(CC)c3c2nc(CC#N)n3C)[C@@H](C)CN1. The quantitative estimate of drug-likeness (QED) is 0.882. The molecule has 1 N–H and O–H groups in total. The molecule has 0 saturated carbocycles. The lowest BCUT2D eigenvalue weighted by Gasteiger charge is -2.39. The third-order valence-corrected chi connectivity index (χ3v) is 5.03. The molecule has 0 amide bonds. The number of nitrogens with zero attached hydrogens (tertiary/aromatic N) is 6. The Morgan fingerprint density at radius 2 is 2.12 bits per heavy atom. The van der Waals surface area contributed by atoms with E-state index >= 15 is 0 Å². The maximum absolute atomic E-state index is 12.6. The predicted octanol–water partition coefficient (Wildman–Crippen LogP) is 0.793. The fourth-order valence-corrected chi connectivity index (χ4v) is 3.50. The second-order valence-electron chi connectivity index (χ2n) is 6.57. The molecule has 8 heteroatoms. The van der Waals surface area contributed by atoms with Gasteiger partial charge < -0.3 is 14.8 Å². The molecule has 2 aromatic heterocycles. The number of rotatable bonds is 4. The van der Waals surface area contributed by atoms with E-state index in [1.54, 1.807) is 4.57 Å². The topological polar surface area (TPSA) is 91.8 Å². The predicted molar refractivity (Wildman–Crippen MR) is 96.6 cm³/mol. The van der Waals surface area contributed by atoms with Gasteiger partial charge >= 0.3 is 5.69 Å². The number of aromatic nitrogens is 4. The fraction of sp³-hybridized carbons (Fsp3) is 0.647. The first-order chi connectivity index (χ1) is 12.0. The van der Waals surface area contributed by atoms with Crippen LogP contribution in [-0.2, 0) is 20.0 Å². The lowest BCUT2D eigenvalue weighted by atomic mass is 10.1. The molecular formula is C17H25N7O. The third kappa shape index (κ3) is 2.89. The summed E-state index contributed by atoms with van der Waals surface area (Å²) < 4.78 is 3.47. The molecule has 8 nitrogen and oxygen atoms in total. The van der Waals surface area contributed by atoms with Crippen molar-refractivity contribution in [2.45, 2.75) is 52.2 Å². The Morgan fingerprint density at radius 3 is 2.76 bits per heavy atom. The molecule has 2 atom stereocenters. The van der Waals surface area contributed by atoms with Crippen molar-refractivity contribution in [1.29, 1.82) is 5.26 Å². The van der Waals surface area contributed by atoms with Gasteiger partial charge in [0.15, 0.2) is 5.82 Å². The van der Waals surface area contributed by atoms with E-state index < -0.39 is 0 Å². The number of hydrogen-bond acceptors (Lipinski definition) is 6. The molecule has 0 unspecified atom stereocenters. The average Bonchev–Trinajstić information content (AvgIpc) is 2.92. The second-order valence-corrected chi connectivity index (χ2v) is 6.57. The molecule has 1 aliphatic heterocycles. The van der Waals surface area contributed by atoms with Gasteiger partial charge in [0.1, 0.15) is 17.0 Å². The van der Waals surface area contributed by atoms with Crippen LogP contribution in [0, 0.1) is 11.3 Å². The Balaban J connectivity index is 2.23. The van der Waals surface area contributed by atoms with Crippen LogP contribution in [0.1, 0.15) is 33.0 Å². The van der Waals surface area contributed by atoms with E-state index in [-0.39, 0.29) is 18.2 Å². The summed E-state index contributed by atoms with van der Waals surface area (Å²) in [4.78, 5) is 23.8. The minimum Gasteiger partial charge on any atom is -0.349 e. The molecule has 1 fully saturated rings. The number of imidazole rings is 1. The van der Waals surface area contributed by atoms with Crippen molar-refractivity contribution in [3.8, 4) is 6.07 Å². The summed E-state index contributed by atoms with van der Waals surface area (Å²) in [5.74, 6) is 1.29. The molecule has 0 aliphatic carbocycles. The fourth-order valence-electron chi connectivity index (χ4n) is 3.50. The van der Waals surface area contributed by atoms with Crippen molar-refractivity contribution in [1.82, 2.24) is 24.4 Å². The zero-order valence-electron chi connectivity index (χ0n) is 15.3. The van der Waals surface area contributed by atoms with Gasteiger partial charge in [0.25, 0.3) is 0 Å². The monoisotopic (exact) mass is 343 g/mol. The highest BCUT2D eigenvalue weighted by Gasteiger charge is 2.29. The molecule has 1 saturated heterocycles. The van der Waals surface area contributed by atoms with Crippen LogP contribution in [0.15, 0.2) is 4.79 Å². The maximum atomic E-state index is 12.6. The van der Waals surface area contributed by atoms with Crippen LogP contribution >= 0.6 is 0 Å². The lowest BCUT2D eigenvalue weighted by Crippen LogP contribution is -2.56. The zero-order chi connectivity index (χ0) is 18.1. The van der Waals surface area contributed by atoms with E-state index in [2.05, 4.69) is 40.1 Å². The Labute approximate surface area is 147 Å². The molecular weight excluding hydrogens is 318 g/mol. The van der Waals surface area contributed by atoms with Crippen LogP contribution in [0.25, 0.3) is 11.2 Å². The molecule has 134 valence electrons. The van der Waals surface area contributed by atoms with Crippen LogP contribution in [0.2, 0.25) is 0 Å². The Bertz CT molecular complexity index is 876. The summed E-state index contributed by atoms with van der Waals surface area (Å²) in [6.45, 7) is 8.34. The highest BCUT2D eigenvalue weighted by atomic mass is 16.1. The summed E-state index contributed by atoms with van der Waals surface area (Å²) in [5.41, 5.74) is 1.18. The Hall–Kier alpha value is -2.40. The van der Waals surface area contributed by atoms with Gasteiger partial charge in [0.05, 0.1) is 12.5 Å². The van der Waals surface area contributed by atoms with Gasteiger partial charge in [-0.15, -0.1) is 0 Å². The lowest BCUT2D eigenvalue weighted by molar-refractivity contribution is 0.395. The van der Waals surface area contributed by atoms with Gasteiger partial charge in [-0.3, -0.25) is 4.57 Å². The highest BCUT2D eigenvalue weighted by molar-refractivity contribution is 5.84. The number of nitrogens with one attached hydrogen (secondary N) is 1. The van der Waals surface area contributed by atoms with E-state index in [1.807, 2.05) is 18.5 Å². The number of nitriles is 1. The van der Waals surface area contributed by atoms with Gasteiger partial charge in [-0.05, 0) is 20.3 Å². The Kier molecular flexibility index (Phi) is 4.77. The summed E-state index contributed by atoms with van der Waals surface area (Å²) in [6.07, 6.45) is 1.22. The van der Waals surface area contributed by atoms with Crippen LogP contribution in [0.4, 0.5) is 5.82 Å². The van der Waals surface area contributed by atoms with Gasteiger partial charge in [-0.25, -0.2) is 9.78 Å². The summed E-state index contributed by atoms with van der Waals surface area (Å²) >= 11 is 0. The first-order valence-corrected chi connectivity index (χ1v) is 8.84. The van der Waals surface area contributed by atoms with E-state index in [9.17, 15) is 4.79 Å². The third-order valence-electron chi connectivity index (χ3n) is 5.03. The zero-order valence-corrected chi connectivity index (χ0v) is 15.3. The summed E-state index contributed by atoms with van der Waals surface area (Å²) in [6, 6.07) is 2.73. The van der Waals surface area contributed by atoms with Crippen molar-refractivity contribution in [3.05, 3.63) is 16.3 Å². The van der Waals surface area contributed by atoms with Crippen molar-refractivity contribution >= 4 is 17.0 Å². The van der Waals surface area contributed by atoms with Gasteiger partial charge in [0.2, 0.25) is 0 Å². The summed E-state index contributed by atoms with van der Waals surface area (Å²) in [7, 11) is 1.85. The van der Waals surface area contributed by atoms with Crippen LogP contribution in [0.5, 0.6) is 0 Å². The molecule has 3 heterocycles. The molecule has 0 aromatic carbocycles. The van der Waals surface area contributed by atoms with Crippen molar-refractivity contribution in [2.24, 2.45) is 7.05 Å². The number of fused-ring (bicyclic) bond motifs is 1. The van der Waals surface area contributed by atoms with E-state index in [0.29, 0.717) is 29.7 Å². The normalized spacial score (nSPS) is 20.8. The van der Waals surface area contributed by atoms with E-state index in [1.165, 1.54) is 0 Å². The molecule has 3 rings (SSSR count). The first-order valence-electron chi connectivity index (χ1n) is 8.84. The Morgan fingerprint density at radius 1 is 1.36 bits per heavy atom. The number of aryl methyl sites for hydroxylation is 2. The largest absolute Gasteiger partial charge is 0.351 e. The van der Waals surface area contributed by atoms with Crippen molar-refractivity contribution in [2.75, 3.05) is 18.0 Å². The second kappa shape index (κ2) is 6.84.